The highest BCUT2D eigenvalue weighted by Gasteiger charge is 2.17. The lowest BCUT2D eigenvalue weighted by Gasteiger charge is -2.22. The smallest absolute Gasteiger partial charge is 0.248 e. The van der Waals surface area contributed by atoms with Gasteiger partial charge in [0.2, 0.25) is 17.6 Å². The minimum absolute atomic E-state index is 0.0190. The molecule has 198 valence electrons. The molecule has 0 aliphatic rings. The standard InChI is InChI=1S/C29H30BrN3O5/c1-35-25-13-8-21(18-26(25)36-2)14-16-33(28(34)20-37-19-22-6-4-3-5-7-22)17-15-27-31-29(32-38-27)23-9-11-24(30)12-10-23/h3-13,18H,14-17,19-20H2,1-2H3. The van der Waals surface area contributed by atoms with Crippen molar-refractivity contribution in [2.24, 2.45) is 0 Å². The lowest BCUT2D eigenvalue weighted by atomic mass is 10.1. The minimum Gasteiger partial charge on any atom is -0.493 e. The van der Waals surface area contributed by atoms with E-state index in [1.165, 1.54) is 0 Å². The molecule has 0 aliphatic heterocycles. The van der Waals surface area contributed by atoms with Crippen molar-refractivity contribution in [1.29, 1.82) is 0 Å². The second-order valence-electron chi connectivity index (χ2n) is 8.57. The summed E-state index contributed by atoms with van der Waals surface area (Å²) in [5.74, 6) is 2.20. The number of ether oxygens (including phenoxy) is 3. The second-order valence-corrected chi connectivity index (χ2v) is 9.48. The monoisotopic (exact) mass is 579 g/mol. The van der Waals surface area contributed by atoms with E-state index in [0.29, 0.717) is 55.8 Å². The lowest BCUT2D eigenvalue weighted by Crippen LogP contribution is -2.37. The van der Waals surface area contributed by atoms with E-state index in [0.717, 1.165) is 21.2 Å². The number of hydrogen-bond acceptors (Lipinski definition) is 7. The summed E-state index contributed by atoms with van der Waals surface area (Å²) in [6, 6.07) is 23.2. The molecule has 8 nitrogen and oxygen atoms in total. The quantitative estimate of drug-likeness (QED) is 0.211. The molecule has 9 heteroatoms. The Bertz CT molecular complexity index is 1310. The second kappa shape index (κ2) is 13.7. The summed E-state index contributed by atoms with van der Waals surface area (Å²) >= 11 is 3.43. The summed E-state index contributed by atoms with van der Waals surface area (Å²) in [6.07, 6.45) is 1.07. The van der Waals surface area contributed by atoms with Crippen molar-refractivity contribution in [3.63, 3.8) is 0 Å². The summed E-state index contributed by atoms with van der Waals surface area (Å²) < 4.78 is 22.9. The maximum absolute atomic E-state index is 13.1. The van der Waals surface area contributed by atoms with Crippen LogP contribution < -0.4 is 9.47 Å². The van der Waals surface area contributed by atoms with Gasteiger partial charge in [0.15, 0.2) is 11.5 Å². The van der Waals surface area contributed by atoms with Crippen molar-refractivity contribution in [2.75, 3.05) is 33.9 Å². The molecule has 0 atom stereocenters. The van der Waals surface area contributed by atoms with Gasteiger partial charge in [-0.05, 0) is 53.9 Å². The number of nitrogens with zero attached hydrogens (tertiary/aromatic N) is 3. The van der Waals surface area contributed by atoms with E-state index >= 15 is 0 Å². The third-order valence-electron chi connectivity index (χ3n) is 5.97. The predicted molar refractivity (Wildman–Crippen MR) is 147 cm³/mol. The van der Waals surface area contributed by atoms with E-state index in [4.69, 9.17) is 18.7 Å². The van der Waals surface area contributed by atoms with Crippen LogP contribution in [0.2, 0.25) is 0 Å². The number of rotatable bonds is 13. The molecule has 0 radical (unpaired) electrons. The van der Waals surface area contributed by atoms with Crippen LogP contribution in [0.3, 0.4) is 0 Å². The molecular weight excluding hydrogens is 550 g/mol. The van der Waals surface area contributed by atoms with Gasteiger partial charge in [-0.2, -0.15) is 4.98 Å². The first-order valence-corrected chi connectivity index (χ1v) is 13.0. The Hall–Kier alpha value is -3.69. The summed E-state index contributed by atoms with van der Waals surface area (Å²) in [5.41, 5.74) is 2.91. The molecule has 1 heterocycles. The number of aromatic nitrogens is 2. The van der Waals surface area contributed by atoms with Crippen LogP contribution >= 0.6 is 15.9 Å². The Morgan fingerprint density at radius 2 is 1.63 bits per heavy atom. The molecule has 0 bridgehead atoms. The van der Waals surface area contributed by atoms with Crippen LogP contribution in [0.4, 0.5) is 0 Å². The van der Waals surface area contributed by atoms with Gasteiger partial charge in [0.25, 0.3) is 0 Å². The van der Waals surface area contributed by atoms with Crippen LogP contribution in [0.25, 0.3) is 11.4 Å². The number of hydrogen-bond donors (Lipinski definition) is 0. The highest BCUT2D eigenvalue weighted by molar-refractivity contribution is 9.10. The number of benzene rings is 3. The number of carbonyl (C=O) groups is 1. The van der Waals surface area contributed by atoms with Crippen molar-refractivity contribution in [2.45, 2.75) is 19.4 Å². The van der Waals surface area contributed by atoms with Gasteiger partial charge in [0, 0.05) is 29.5 Å². The van der Waals surface area contributed by atoms with Gasteiger partial charge in [-0.25, -0.2) is 0 Å². The lowest BCUT2D eigenvalue weighted by molar-refractivity contribution is -0.136. The van der Waals surface area contributed by atoms with Crippen molar-refractivity contribution < 1.29 is 23.5 Å². The number of halogens is 1. The molecule has 1 amide bonds. The van der Waals surface area contributed by atoms with Gasteiger partial charge in [0.05, 0.1) is 20.8 Å². The maximum Gasteiger partial charge on any atom is 0.248 e. The van der Waals surface area contributed by atoms with E-state index in [1.807, 2.05) is 72.8 Å². The first kappa shape index (κ1) is 27.3. The first-order chi connectivity index (χ1) is 18.6. The molecule has 0 N–H and O–H groups in total. The van der Waals surface area contributed by atoms with Crippen molar-refractivity contribution >= 4 is 21.8 Å². The highest BCUT2D eigenvalue weighted by Crippen LogP contribution is 2.27. The molecule has 0 unspecified atom stereocenters. The van der Waals surface area contributed by atoms with Gasteiger partial charge in [0.1, 0.15) is 6.61 Å². The third kappa shape index (κ3) is 7.66. The van der Waals surface area contributed by atoms with Crippen LogP contribution in [0.1, 0.15) is 17.0 Å². The molecular formula is C29H30BrN3O5. The Morgan fingerprint density at radius 1 is 0.895 bits per heavy atom. The zero-order valence-corrected chi connectivity index (χ0v) is 23.0. The molecule has 0 saturated heterocycles. The molecule has 3 aromatic carbocycles. The number of amides is 1. The molecule has 1 aromatic heterocycles. The van der Waals surface area contributed by atoms with Crippen molar-refractivity contribution in [3.05, 3.63) is 94.3 Å². The maximum atomic E-state index is 13.1. The molecule has 4 rings (SSSR count). The summed E-state index contributed by atoms with van der Waals surface area (Å²) in [4.78, 5) is 19.4. The molecule has 0 aliphatic carbocycles. The molecule has 0 fully saturated rings. The number of methoxy groups -OCH3 is 2. The fourth-order valence-electron chi connectivity index (χ4n) is 3.89. The molecule has 38 heavy (non-hydrogen) atoms. The zero-order valence-electron chi connectivity index (χ0n) is 21.4. The largest absolute Gasteiger partial charge is 0.493 e. The predicted octanol–water partition coefficient (Wildman–Crippen LogP) is 5.35. The van der Waals surface area contributed by atoms with Crippen LogP contribution in [0.5, 0.6) is 11.5 Å². The Labute approximate surface area is 230 Å². The SMILES string of the molecule is COc1ccc(CCN(CCc2nc(-c3ccc(Br)cc3)no2)C(=O)COCc2ccccc2)cc1OC. The topological polar surface area (TPSA) is 86.9 Å². The van der Waals surface area contributed by atoms with Crippen LogP contribution in [-0.2, 0) is 29.0 Å². The summed E-state index contributed by atoms with van der Waals surface area (Å²) in [5, 5.41) is 4.10. The van der Waals surface area contributed by atoms with Crippen LogP contribution in [0, 0.1) is 0 Å². The first-order valence-electron chi connectivity index (χ1n) is 12.2. The average molecular weight is 580 g/mol. The third-order valence-corrected chi connectivity index (χ3v) is 6.50. The fraction of sp³-hybridized carbons (Fsp3) is 0.276. The van der Waals surface area contributed by atoms with Gasteiger partial charge in [-0.3, -0.25) is 4.79 Å². The zero-order chi connectivity index (χ0) is 26.7. The highest BCUT2D eigenvalue weighted by atomic mass is 79.9. The Kier molecular flexibility index (Phi) is 9.89. The van der Waals surface area contributed by atoms with E-state index in [-0.39, 0.29) is 12.5 Å². The van der Waals surface area contributed by atoms with Gasteiger partial charge >= 0.3 is 0 Å². The van der Waals surface area contributed by atoms with E-state index in [1.54, 1.807) is 19.1 Å². The average Bonchev–Trinajstić information content (AvgIpc) is 3.42. The van der Waals surface area contributed by atoms with E-state index in [2.05, 4.69) is 26.1 Å². The Balaban J connectivity index is 1.40. The van der Waals surface area contributed by atoms with Crippen LogP contribution in [0.15, 0.2) is 81.8 Å². The van der Waals surface area contributed by atoms with E-state index < -0.39 is 0 Å². The van der Waals surface area contributed by atoms with Crippen LogP contribution in [-0.4, -0.2) is 54.9 Å². The Morgan fingerprint density at radius 3 is 2.37 bits per heavy atom. The summed E-state index contributed by atoms with van der Waals surface area (Å²) in [7, 11) is 3.21. The normalized spacial score (nSPS) is 10.8. The number of carbonyl (C=O) groups excluding carboxylic acids is 1. The van der Waals surface area contributed by atoms with Crippen molar-refractivity contribution in [1.82, 2.24) is 15.0 Å². The minimum atomic E-state index is -0.103. The van der Waals surface area contributed by atoms with Gasteiger partial charge in [-0.1, -0.05) is 57.5 Å². The van der Waals surface area contributed by atoms with Gasteiger partial charge < -0.3 is 23.6 Å². The molecule has 4 aromatic rings. The molecule has 0 saturated carbocycles. The fourth-order valence-corrected chi connectivity index (χ4v) is 4.15. The van der Waals surface area contributed by atoms with E-state index in [9.17, 15) is 4.79 Å². The molecule has 0 spiro atoms. The van der Waals surface area contributed by atoms with Crippen molar-refractivity contribution in [3.8, 4) is 22.9 Å². The van der Waals surface area contributed by atoms with Gasteiger partial charge in [-0.15, -0.1) is 0 Å². The summed E-state index contributed by atoms with van der Waals surface area (Å²) in [6.45, 7) is 1.27.